The fraction of sp³-hybridized carbons (Fsp3) is 0.538. The van der Waals surface area contributed by atoms with Gasteiger partial charge in [-0.05, 0) is 32.0 Å². The van der Waals surface area contributed by atoms with Crippen LogP contribution in [0.3, 0.4) is 0 Å². The Kier molecular flexibility index (Phi) is 4.25. The standard InChI is InChI=1S/C13H18FN3O/c1-16(8-9-17-6-2-3-7-17)13(18)11-4-5-15-10-12(11)14/h4-5,10H,2-3,6-9H2,1H3. The van der Waals surface area contributed by atoms with E-state index in [-0.39, 0.29) is 11.5 Å². The summed E-state index contributed by atoms with van der Waals surface area (Å²) in [4.78, 5) is 19.5. The van der Waals surface area contributed by atoms with Crippen LogP contribution in [-0.2, 0) is 0 Å². The Balaban J connectivity index is 1.90. The highest BCUT2D eigenvalue weighted by Gasteiger charge is 2.17. The molecule has 0 aliphatic carbocycles. The molecule has 0 bridgehead atoms. The highest BCUT2D eigenvalue weighted by atomic mass is 19.1. The Bertz CT molecular complexity index is 418. The molecule has 1 fully saturated rings. The van der Waals surface area contributed by atoms with Gasteiger partial charge in [0, 0.05) is 26.3 Å². The smallest absolute Gasteiger partial charge is 0.256 e. The maximum Gasteiger partial charge on any atom is 0.256 e. The predicted molar refractivity (Wildman–Crippen MR) is 66.8 cm³/mol. The number of carbonyl (C=O) groups excluding carboxylic acids is 1. The summed E-state index contributed by atoms with van der Waals surface area (Å²) >= 11 is 0. The lowest BCUT2D eigenvalue weighted by Crippen LogP contribution is -2.35. The van der Waals surface area contributed by atoms with Gasteiger partial charge >= 0.3 is 0 Å². The van der Waals surface area contributed by atoms with Gasteiger partial charge < -0.3 is 9.80 Å². The normalized spacial score (nSPS) is 15.9. The van der Waals surface area contributed by atoms with E-state index >= 15 is 0 Å². The van der Waals surface area contributed by atoms with Crippen molar-refractivity contribution < 1.29 is 9.18 Å². The Morgan fingerprint density at radius 2 is 2.22 bits per heavy atom. The maximum atomic E-state index is 13.4. The van der Waals surface area contributed by atoms with Crippen molar-refractivity contribution in [2.45, 2.75) is 12.8 Å². The van der Waals surface area contributed by atoms with Gasteiger partial charge in [0.2, 0.25) is 0 Å². The van der Waals surface area contributed by atoms with E-state index in [4.69, 9.17) is 0 Å². The number of hydrogen-bond acceptors (Lipinski definition) is 3. The van der Waals surface area contributed by atoms with Crippen LogP contribution in [0.4, 0.5) is 4.39 Å². The van der Waals surface area contributed by atoms with Crippen LogP contribution in [0.5, 0.6) is 0 Å². The van der Waals surface area contributed by atoms with Gasteiger partial charge in [-0.3, -0.25) is 9.78 Å². The van der Waals surface area contributed by atoms with Gasteiger partial charge in [0.05, 0.1) is 11.8 Å². The van der Waals surface area contributed by atoms with E-state index in [1.54, 1.807) is 11.9 Å². The molecular weight excluding hydrogens is 233 g/mol. The zero-order chi connectivity index (χ0) is 13.0. The summed E-state index contributed by atoms with van der Waals surface area (Å²) in [5.74, 6) is -0.843. The minimum Gasteiger partial charge on any atom is -0.340 e. The molecule has 98 valence electrons. The van der Waals surface area contributed by atoms with Crippen molar-refractivity contribution in [1.29, 1.82) is 0 Å². The number of nitrogens with zero attached hydrogens (tertiary/aromatic N) is 3. The molecular formula is C13H18FN3O. The monoisotopic (exact) mass is 251 g/mol. The van der Waals surface area contributed by atoms with Crippen molar-refractivity contribution in [2.24, 2.45) is 0 Å². The summed E-state index contributed by atoms with van der Waals surface area (Å²) in [5, 5.41) is 0. The molecule has 0 aromatic carbocycles. The second kappa shape index (κ2) is 5.91. The number of halogens is 1. The summed E-state index contributed by atoms with van der Waals surface area (Å²) in [7, 11) is 1.71. The molecule has 0 saturated carbocycles. The van der Waals surface area contributed by atoms with Crippen molar-refractivity contribution in [3.05, 3.63) is 29.8 Å². The molecule has 0 N–H and O–H groups in total. The predicted octanol–water partition coefficient (Wildman–Crippen LogP) is 1.39. The molecule has 2 rings (SSSR count). The number of amides is 1. The van der Waals surface area contributed by atoms with Crippen LogP contribution in [-0.4, -0.2) is 53.9 Å². The first kappa shape index (κ1) is 13.0. The first-order valence-corrected chi connectivity index (χ1v) is 6.26. The maximum absolute atomic E-state index is 13.4. The van der Waals surface area contributed by atoms with E-state index in [2.05, 4.69) is 9.88 Å². The van der Waals surface area contributed by atoms with Crippen LogP contribution in [0.1, 0.15) is 23.2 Å². The number of pyridine rings is 1. The summed E-state index contributed by atoms with van der Waals surface area (Å²) < 4.78 is 13.4. The van der Waals surface area contributed by atoms with E-state index in [0.29, 0.717) is 6.54 Å². The molecule has 18 heavy (non-hydrogen) atoms. The molecule has 0 unspecified atom stereocenters. The van der Waals surface area contributed by atoms with Crippen LogP contribution in [0, 0.1) is 5.82 Å². The van der Waals surface area contributed by atoms with Crippen LogP contribution >= 0.6 is 0 Å². The Morgan fingerprint density at radius 1 is 1.50 bits per heavy atom. The summed E-state index contributed by atoms with van der Waals surface area (Å²) in [6.45, 7) is 3.69. The average molecular weight is 251 g/mol. The van der Waals surface area contributed by atoms with E-state index in [1.165, 1.54) is 25.1 Å². The van der Waals surface area contributed by atoms with Crippen molar-refractivity contribution in [3.8, 4) is 0 Å². The lowest BCUT2D eigenvalue weighted by Gasteiger charge is -2.21. The van der Waals surface area contributed by atoms with Gasteiger partial charge in [0.1, 0.15) is 0 Å². The first-order valence-electron chi connectivity index (χ1n) is 6.26. The summed E-state index contributed by atoms with van der Waals surface area (Å²) in [6, 6.07) is 1.42. The number of likely N-dealkylation sites (N-methyl/N-ethyl adjacent to an activating group) is 1. The number of carbonyl (C=O) groups is 1. The Labute approximate surface area is 106 Å². The molecule has 1 saturated heterocycles. The zero-order valence-electron chi connectivity index (χ0n) is 10.6. The van der Waals surface area contributed by atoms with Gasteiger partial charge in [-0.1, -0.05) is 0 Å². The molecule has 1 amide bonds. The van der Waals surface area contributed by atoms with E-state index < -0.39 is 5.82 Å². The second-order valence-corrected chi connectivity index (χ2v) is 4.63. The average Bonchev–Trinajstić information content (AvgIpc) is 2.89. The van der Waals surface area contributed by atoms with E-state index in [1.807, 2.05) is 0 Å². The third-order valence-electron chi connectivity index (χ3n) is 3.30. The molecule has 5 heteroatoms. The summed E-state index contributed by atoms with van der Waals surface area (Å²) in [5.41, 5.74) is 0.0916. The third-order valence-corrected chi connectivity index (χ3v) is 3.30. The minimum absolute atomic E-state index is 0.0916. The SMILES string of the molecule is CN(CCN1CCCC1)C(=O)c1ccncc1F. The molecule has 1 aromatic heterocycles. The number of rotatable bonds is 4. The fourth-order valence-electron chi connectivity index (χ4n) is 2.15. The van der Waals surface area contributed by atoms with Gasteiger partial charge in [0.25, 0.3) is 5.91 Å². The van der Waals surface area contributed by atoms with Crippen molar-refractivity contribution in [1.82, 2.24) is 14.8 Å². The van der Waals surface area contributed by atoms with Gasteiger partial charge in [-0.2, -0.15) is 0 Å². The summed E-state index contributed by atoms with van der Waals surface area (Å²) in [6.07, 6.45) is 4.97. The fourth-order valence-corrected chi connectivity index (χ4v) is 2.15. The first-order chi connectivity index (χ1) is 8.68. The Hall–Kier alpha value is -1.49. The van der Waals surface area contributed by atoms with Crippen molar-refractivity contribution in [2.75, 3.05) is 33.2 Å². The largest absolute Gasteiger partial charge is 0.340 e. The van der Waals surface area contributed by atoms with E-state index in [9.17, 15) is 9.18 Å². The van der Waals surface area contributed by atoms with Gasteiger partial charge in [0.15, 0.2) is 5.82 Å². The molecule has 1 aromatic rings. The Morgan fingerprint density at radius 3 is 2.89 bits per heavy atom. The number of likely N-dealkylation sites (tertiary alicyclic amines) is 1. The zero-order valence-corrected chi connectivity index (χ0v) is 10.6. The molecule has 4 nitrogen and oxygen atoms in total. The quantitative estimate of drug-likeness (QED) is 0.811. The topological polar surface area (TPSA) is 36.4 Å². The highest BCUT2D eigenvalue weighted by Crippen LogP contribution is 2.09. The second-order valence-electron chi connectivity index (χ2n) is 4.63. The molecule has 0 atom stereocenters. The number of aromatic nitrogens is 1. The van der Waals surface area contributed by atoms with Crippen LogP contribution in [0.25, 0.3) is 0 Å². The van der Waals surface area contributed by atoms with Crippen molar-refractivity contribution in [3.63, 3.8) is 0 Å². The van der Waals surface area contributed by atoms with Crippen LogP contribution < -0.4 is 0 Å². The molecule has 2 heterocycles. The lowest BCUT2D eigenvalue weighted by molar-refractivity contribution is 0.0777. The third kappa shape index (κ3) is 3.04. The lowest BCUT2D eigenvalue weighted by atomic mass is 10.2. The molecule has 1 aliphatic rings. The molecule has 0 spiro atoms. The molecule has 0 radical (unpaired) electrons. The van der Waals surface area contributed by atoms with Crippen molar-refractivity contribution >= 4 is 5.91 Å². The van der Waals surface area contributed by atoms with E-state index in [0.717, 1.165) is 25.8 Å². The number of hydrogen-bond donors (Lipinski definition) is 0. The molecule has 1 aliphatic heterocycles. The minimum atomic E-state index is -0.560. The van der Waals surface area contributed by atoms with Gasteiger partial charge in [-0.15, -0.1) is 0 Å². The highest BCUT2D eigenvalue weighted by molar-refractivity contribution is 5.94. The van der Waals surface area contributed by atoms with Gasteiger partial charge in [-0.25, -0.2) is 4.39 Å². The van der Waals surface area contributed by atoms with Crippen LogP contribution in [0.15, 0.2) is 18.5 Å². The van der Waals surface area contributed by atoms with Crippen LogP contribution in [0.2, 0.25) is 0 Å².